The lowest BCUT2D eigenvalue weighted by molar-refractivity contribution is 0.102. The largest absolute Gasteiger partial charge is 0.319 e. The van der Waals surface area contributed by atoms with Gasteiger partial charge in [-0.15, -0.1) is 11.3 Å². The molecule has 4 rings (SSSR count). The number of amides is 1. The number of aryl methyl sites for hydroxylation is 3. The van der Waals surface area contributed by atoms with Crippen molar-refractivity contribution < 1.29 is 4.79 Å². The highest BCUT2D eigenvalue weighted by atomic mass is 32.1. The molecule has 1 amide bonds. The summed E-state index contributed by atoms with van der Waals surface area (Å²) in [6.45, 7) is 5.69. The number of nitrogens with one attached hydrogen (secondary N) is 1. The Labute approximate surface area is 166 Å². The molecular formula is C20H18N6OS. The summed E-state index contributed by atoms with van der Waals surface area (Å²) in [5, 5.41) is 8.02. The summed E-state index contributed by atoms with van der Waals surface area (Å²) in [5.41, 5.74) is 4.05. The number of carbonyl (C=O) groups excluding carboxylic acids is 1. The molecule has 0 saturated heterocycles. The maximum Gasteiger partial charge on any atom is 0.267 e. The lowest BCUT2D eigenvalue weighted by atomic mass is 10.2. The van der Waals surface area contributed by atoms with Crippen LogP contribution in [0.1, 0.15) is 26.8 Å². The number of hydrogen-bond acceptors (Lipinski definition) is 6. The van der Waals surface area contributed by atoms with Gasteiger partial charge >= 0.3 is 0 Å². The van der Waals surface area contributed by atoms with Gasteiger partial charge in [0.2, 0.25) is 0 Å². The Morgan fingerprint density at radius 2 is 1.79 bits per heavy atom. The van der Waals surface area contributed by atoms with E-state index < -0.39 is 0 Å². The van der Waals surface area contributed by atoms with Crippen molar-refractivity contribution >= 4 is 22.9 Å². The lowest BCUT2D eigenvalue weighted by Crippen LogP contribution is -2.13. The third-order valence-corrected chi connectivity index (χ3v) is 5.32. The van der Waals surface area contributed by atoms with Crippen molar-refractivity contribution in [3.05, 3.63) is 70.8 Å². The zero-order chi connectivity index (χ0) is 19.7. The van der Waals surface area contributed by atoms with Crippen molar-refractivity contribution in [2.45, 2.75) is 20.8 Å². The summed E-state index contributed by atoms with van der Waals surface area (Å²) in [7, 11) is 0. The highest BCUT2D eigenvalue weighted by Crippen LogP contribution is 2.28. The SMILES string of the molecule is Cc1cc(C)n(-c2ncc(NC(=O)c3sc(-c4ccccc4)nc3C)cn2)n1. The summed E-state index contributed by atoms with van der Waals surface area (Å²) in [5.74, 6) is 0.239. The summed E-state index contributed by atoms with van der Waals surface area (Å²) in [4.78, 5) is 26.4. The van der Waals surface area contributed by atoms with Gasteiger partial charge in [-0.05, 0) is 26.8 Å². The van der Waals surface area contributed by atoms with Crippen LogP contribution in [0, 0.1) is 20.8 Å². The fraction of sp³-hybridized carbons (Fsp3) is 0.150. The number of aromatic nitrogens is 5. The van der Waals surface area contributed by atoms with E-state index in [1.165, 1.54) is 11.3 Å². The van der Waals surface area contributed by atoms with Crippen LogP contribution in [0.3, 0.4) is 0 Å². The van der Waals surface area contributed by atoms with E-state index in [4.69, 9.17) is 0 Å². The predicted octanol–water partition coefficient (Wildman–Crippen LogP) is 3.96. The summed E-state index contributed by atoms with van der Waals surface area (Å²) in [6.07, 6.45) is 3.15. The van der Waals surface area contributed by atoms with Crippen LogP contribution in [-0.4, -0.2) is 30.6 Å². The van der Waals surface area contributed by atoms with E-state index >= 15 is 0 Å². The van der Waals surface area contributed by atoms with E-state index in [-0.39, 0.29) is 5.91 Å². The molecule has 0 aliphatic rings. The third kappa shape index (κ3) is 3.54. The monoisotopic (exact) mass is 390 g/mol. The molecule has 0 bridgehead atoms. The molecule has 140 valence electrons. The van der Waals surface area contributed by atoms with Gasteiger partial charge in [-0.3, -0.25) is 4.79 Å². The van der Waals surface area contributed by atoms with Gasteiger partial charge in [-0.2, -0.15) is 5.10 Å². The van der Waals surface area contributed by atoms with E-state index in [1.54, 1.807) is 17.1 Å². The molecule has 0 unspecified atom stereocenters. The first-order chi connectivity index (χ1) is 13.5. The number of hydrogen-bond donors (Lipinski definition) is 1. The summed E-state index contributed by atoms with van der Waals surface area (Å²) in [6, 6.07) is 11.8. The quantitative estimate of drug-likeness (QED) is 0.570. The average molecular weight is 390 g/mol. The van der Waals surface area contributed by atoms with Crippen molar-refractivity contribution in [1.82, 2.24) is 24.7 Å². The Morgan fingerprint density at radius 1 is 1.07 bits per heavy atom. The van der Waals surface area contributed by atoms with E-state index in [1.807, 2.05) is 57.2 Å². The number of anilines is 1. The molecule has 7 nitrogen and oxygen atoms in total. The van der Waals surface area contributed by atoms with Crippen LogP contribution in [0.15, 0.2) is 48.8 Å². The maximum absolute atomic E-state index is 12.7. The van der Waals surface area contributed by atoms with Gasteiger partial charge in [-0.25, -0.2) is 19.6 Å². The van der Waals surface area contributed by atoms with Crippen molar-refractivity contribution in [2.75, 3.05) is 5.32 Å². The molecule has 0 radical (unpaired) electrons. The van der Waals surface area contributed by atoms with Crippen LogP contribution in [0.5, 0.6) is 0 Å². The number of rotatable bonds is 4. The fourth-order valence-corrected chi connectivity index (χ4v) is 3.79. The van der Waals surface area contributed by atoms with Gasteiger partial charge in [0.05, 0.1) is 29.5 Å². The van der Waals surface area contributed by atoms with E-state index in [0.29, 0.717) is 22.2 Å². The first-order valence-corrected chi connectivity index (χ1v) is 9.53. The standard InChI is InChI=1S/C20H18N6OS/c1-12-9-13(2)26(25-12)20-21-10-16(11-22-20)24-18(27)17-14(3)23-19(28-17)15-7-5-4-6-8-15/h4-11H,1-3H3,(H,24,27). The van der Waals surface area contributed by atoms with Crippen LogP contribution >= 0.6 is 11.3 Å². The van der Waals surface area contributed by atoms with Crippen molar-refractivity contribution in [3.8, 4) is 16.5 Å². The van der Waals surface area contributed by atoms with Gasteiger partial charge < -0.3 is 5.32 Å². The normalized spacial score (nSPS) is 10.8. The Balaban J connectivity index is 1.53. The highest BCUT2D eigenvalue weighted by Gasteiger charge is 2.17. The van der Waals surface area contributed by atoms with Gasteiger partial charge in [0.1, 0.15) is 9.88 Å². The Morgan fingerprint density at radius 3 is 2.43 bits per heavy atom. The molecule has 8 heteroatoms. The van der Waals surface area contributed by atoms with Crippen LogP contribution in [0.2, 0.25) is 0 Å². The minimum atomic E-state index is -0.223. The fourth-order valence-electron chi connectivity index (χ4n) is 2.83. The van der Waals surface area contributed by atoms with Crippen LogP contribution in [0.25, 0.3) is 16.5 Å². The van der Waals surface area contributed by atoms with Crippen LogP contribution < -0.4 is 5.32 Å². The van der Waals surface area contributed by atoms with Gasteiger partial charge in [0.15, 0.2) is 0 Å². The zero-order valence-electron chi connectivity index (χ0n) is 15.7. The zero-order valence-corrected chi connectivity index (χ0v) is 16.5. The minimum Gasteiger partial charge on any atom is -0.319 e. The molecule has 0 atom stereocenters. The number of thiazole rings is 1. The molecule has 1 aromatic carbocycles. The van der Waals surface area contributed by atoms with Gasteiger partial charge in [-0.1, -0.05) is 30.3 Å². The first kappa shape index (κ1) is 18.0. The third-order valence-electron chi connectivity index (χ3n) is 4.12. The van der Waals surface area contributed by atoms with E-state index in [9.17, 15) is 4.79 Å². The Kier molecular flexibility index (Phi) is 4.70. The molecule has 1 N–H and O–H groups in total. The predicted molar refractivity (Wildman–Crippen MR) is 109 cm³/mol. The molecular weight excluding hydrogens is 372 g/mol. The first-order valence-electron chi connectivity index (χ1n) is 8.71. The second-order valence-electron chi connectivity index (χ2n) is 6.36. The maximum atomic E-state index is 12.7. The van der Waals surface area contributed by atoms with Crippen LogP contribution in [-0.2, 0) is 0 Å². The van der Waals surface area contributed by atoms with Crippen LogP contribution in [0.4, 0.5) is 5.69 Å². The lowest BCUT2D eigenvalue weighted by Gasteiger charge is -2.05. The molecule has 0 aliphatic heterocycles. The Hall–Kier alpha value is -3.39. The molecule has 0 spiro atoms. The van der Waals surface area contributed by atoms with Crippen molar-refractivity contribution in [2.24, 2.45) is 0 Å². The smallest absolute Gasteiger partial charge is 0.267 e. The molecule has 3 heterocycles. The molecule has 3 aromatic heterocycles. The number of nitrogens with zero attached hydrogens (tertiary/aromatic N) is 5. The summed E-state index contributed by atoms with van der Waals surface area (Å²) >= 11 is 1.37. The number of benzene rings is 1. The van der Waals surface area contributed by atoms with Gasteiger partial charge in [0, 0.05) is 11.3 Å². The van der Waals surface area contributed by atoms with Crippen molar-refractivity contribution in [3.63, 3.8) is 0 Å². The second-order valence-corrected chi connectivity index (χ2v) is 7.36. The molecule has 0 saturated carbocycles. The summed E-state index contributed by atoms with van der Waals surface area (Å²) < 4.78 is 1.67. The average Bonchev–Trinajstić information content (AvgIpc) is 3.25. The highest BCUT2D eigenvalue weighted by molar-refractivity contribution is 7.17. The second kappa shape index (κ2) is 7.32. The number of carbonyl (C=O) groups is 1. The Bertz CT molecular complexity index is 1130. The molecule has 28 heavy (non-hydrogen) atoms. The minimum absolute atomic E-state index is 0.223. The molecule has 0 aliphatic carbocycles. The van der Waals surface area contributed by atoms with Gasteiger partial charge in [0.25, 0.3) is 11.9 Å². The van der Waals surface area contributed by atoms with Crippen molar-refractivity contribution in [1.29, 1.82) is 0 Å². The molecule has 4 aromatic rings. The van der Waals surface area contributed by atoms with E-state index in [0.717, 1.165) is 22.0 Å². The van der Waals surface area contributed by atoms with E-state index in [2.05, 4.69) is 25.4 Å². The topological polar surface area (TPSA) is 85.6 Å². The molecule has 0 fully saturated rings.